The standard InChI is InChI=1S/C10H15N3OSi/c1-14-8-5-6-9-10(7-8)13(12-11-9)15(2,3)4/h5-7H,1-4H3. The molecular weight excluding hydrogens is 206 g/mol. The summed E-state index contributed by atoms with van der Waals surface area (Å²) in [7, 11) is 0.177. The fourth-order valence-corrected chi connectivity index (χ4v) is 2.74. The molecule has 0 radical (unpaired) electrons. The van der Waals surface area contributed by atoms with Crippen molar-refractivity contribution in [3.8, 4) is 5.75 Å². The molecule has 1 aromatic heterocycles. The van der Waals surface area contributed by atoms with Crippen LogP contribution in [-0.2, 0) is 0 Å². The smallest absolute Gasteiger partial charge is 0.179 e. The number of benzene rings is 1. The molecule has 2 aromatic rings. The van der Waals surface area contributed by atoms with Gasteiger partial charge < -0.3 is 4.74 Å². The monoisotopic (exact) mass is 221 g/mol. The fourth-order valence-electron chi connectivity index (χ4n) is 1.52. The largest absolute Gasteiger partial charge is 0.497 e. The Bertz CT molecular complexity index is 487. The molecule has 0 saturated heterocycles. The first kappa shape index (κ1) is 10.2. The van der Waals surface area contributed by atoms with Crippen LogP contribution < -0.4 is 4.74 Å². The zero-order valence-electron chi connectivity index (χ0n) is 9.48. The number of aromatic nitrogens is 3. The first-order valence-electron chi connectivity index (χ1n) is 4.92. The number of rotatable bonds is 2. The van der Waals surface area contributed by atoms with E-state index >= 15 is 0 Å². The third-order valence-corrected chi connectivity index (χ3v) is 3.89. The fraction of sp³-hybridized carbons (Fsp3) is 0.400. The van der Waals surface area contributed by atoms with Crippen molar-refractivity contribution in [2.24, 2.45) is 0 Å². The zero-order valence-corrected chi connectivity index (χ0v) is 10.5. The SMILES string of the molecule is COc1ccc2nnn([Si](C)(C)C)c2c1. The Morgan fingerprint density at radius 2 is 2.00 bits per heavy atom. The van der Waals surface area contributed by atoms with Gasteiger partial charge in [-0.2, -0.15) is 0 Å². The maximum atomic E-state index is 5.21. The highest BCUT2D eigenvalue weighted by Gasteiger charge is 2.20. The van der Waals surface area contributed by atoms with Gasteiger partial charge in [0.05, 0.1) is 12.6 Å². The summed E-state index contributed by atoms with van der Waals surface area (Å²) in [6, 6.07) is 5.84. The van der Waals surface area contributed by atoms with Crippen LogP contribution in [0.25, 0.3) is 11.0 Å². The van der Waals surface area contributed by atoms with Crippen molar-refractivity contribution in [1.82, 2.24) is 14.7 Å². The molecule has 0 unspecified atom stereocenters. The summed E-state index contributed by atoms with van der Waals surface area (Å²) in [6.07, 6.45) is 0. The predicted molar refractivity (Wildman–Crippen MR) is 62.8 cm³/mol. The van der Waals surface area contributed by atoms with E-state index < -0.39 is 8.24 Å². The second-order valence-corrected chi connectivity index (χ2v) is 9.29. The van der Waals surface area contributed by atoms with Crippen molar-refractivity contribution in [2.45, 2.75) is 19.6 Å². The summed E-state index contributed by atoms with van der Waals surface area (Å²) in [4.78, 5) is 0. The zero-order chi connectivity index (χ0) is 11.1. The summed E-state index contributed by atoms with van der Waals surface area (Å²) >= 11 is 0. The van der Waals surface area contributed by atoms with Crippen LogP contribution in [0.1, 0.15) is 0 Å². The van der Waals surface area contributed by atoms with Crippen LogP contribution in [0.5, 0.6) is 5.75 Å². The van der Waals surface area contributed by atoms with Crippen molar-refractivity contribution in [3.63, 3.8) is 0 Å². The van der Waals surface area contributed by atoms with Crippen molar-refractivity contribution in [3.05, 3.63) is 18.2 Å². The van der Waals surface area contributed by atoms with E-state index in [0.717, 1.165) is 16.8 Å². The molecule has 5 heteroatoms. The Kier molecular flexibility index (Phi) is 2.26. The lowest BCUT2D eigenvalue weighted by Gasteiger charge is -2.16. The van der Waals surface area contributed by atoms with Crippen molar-refractivity contribution >= 4 is 19.3 Å². The quantitative estimate of drug-likeness (QED) is 0.729. The van der Waals surface area contributed by atoms with E-state index in [2.05, 4.69) is 30.0 Å². The number of methoxy groups -OCH3 is 1. The first-order chi connectivity index (χ1) is 7.02. The highest BCUT2D eigenvalue weighted by molar-refractivity contribution is 6.74. The molecule has 15 heavy (non-hydrogen) atoms. The summed E-state index contributed by atoms with van der Waals surface area (Å²) in [5, 5.41) is 8.37. The van der Waals surface area contributed by atoms with Gasteiger partial charge in [0.25, 0.3) is 0 Å². The number of ether oxygens (including phenoxy) is 1. The summed E-state index contributed by atoms with van der Waals surface area (Å²) in [6.45, 7) is 6.71. The van der Waals surface area contributed by atoms with E-state index in [9.17, 15) is 0 Å². The lowest BCUT2D eigenvalue weighted by Crippen LogP contribution is -2.33. The number of nitrogens with zero attached hydrogens (tertiary/aromatic N) is 3. The summed E-state index contributed by atoms with van der Waals surface area (Å²) < 4.78 is 7.25. The van der Waals surface area contributed by atoms with Crippen LogP contribution in [0, 0.1) is 0 Å². The Morgan fingerprint density at radius 3 is 2.60 bits per heavy atom. The highest BCUT2D eigenvalue weighted by atomic mass is 28.3. The van der Waals surface area contributed by atoms with Gasteiger partial charge in [0.2, 0.25) is 0 Å². The Hall–Kier alpha value is -1.36. The molecule has 0 amide bonds. The predicted octanol–water partition coefficient (Wildman–Crippen LogP) is 2.12. The van der Waals surface area contributed by atoms with Gasteiger partial charge in [-0.05, 0) is 31.8 Å². The van der Waals surface area contributed by atoms with Crippen LogP contribution in [0.15, 0.2) is 18.2 Å². The maximum Gasteiger partial charge on any atom is 0.179 e. The van der Waals surface area contributed by atoms with Gasteiger partial charge in [-0.25, -0.2) is 0 Å². The Labute approximate surface area is 89.9 Å². The molecule has 0 aliphatic rings. The summed E-state index contributed by atoms with van der Waals surface area (Å²) in [5.41, 5.74) is 1.99. The molecule has 1 heterocycles. The normalized spacial score (nSPS) is 12.0. The van der Waals surface area contributed by atoms with E-state index in [1.807, 2.05) is 22.5 Å². The molecule has 0 atom stereocenters. The van der Waals surface area contributed by atoms with E-state index in [1.54, 1.807) is 7.11 Å². The second-order valence-electron chi connectivity index (χ2n) is 4.53. The molecular formula is C10H15N3OSi. The molecule has 0 N–H and O–H groups in total. The average molecular weight is 221 g/mol. The van der Waals surface area contributed by atoms with Crippen LogP contribution in [0.4, 0.5) is 0 Å². The van der Waals surface area contributed by atoms with Gasteiger partial charge in [0.1, 0.15) is 11.3 Å². The van der Waals surface area contributed by atoms with Gasteiger partial charge in [-0.1, -0.05) is 5.21 Å². The van der Waals surface area contributed by atoms with Crippen LogP contribution in [-0.4, -0.2) is 30.0 Å². The van der Waals surface area contributed by atoms with Gasteiger partial charge in [0.15, 0.2) is 8.24 Å². The molecule has 0 fully saturated rings. The molecule has 0 saturated carbocycles. The van der Waals surface area contributed by atoms with Gasteiger partial charge in [-0.15, -0.1) is 5.10 Å². The first-order valence-corrected chi connectivity index (χ1v) is 8.37. The second kappa shape index (κ2) is 3.34. The minimum Gasteiger partial charge on any atom is -0.497 e. The molecule has 4 nitrogen and oxygen atoms in total. The summed E-state index contributed by atoms with van der Waals surface area (Å²) in [5.74, 6) is 0.851. The molecule has 80 valence electrons. The molecule has 0 aliphatic heterocycles. The van der Waals surface area contributed by atoms with Gasteiger partial charge in [-0.3, -0.25) is 4.35 Å². The Balaban J connectivity index is 2.67. The van der Waals surface area contributed by atoms with Crippen LogP contribution in [0.3, 0.4) is 0 Å². The maximum absolute atomic E-state index is 5.21. The average Bonchev–Trinajstić information content (AvgIpc) is 2.59. The molecule has 0 aliphatic carbocycles. The number of fused-ring (bicyclic) bond motifs is 1. The number of hydrogen-bond donors (Lipinski definition) is 0. The molecule has 1 aromatic carbocycles. The van der Waals surface area contributed by atoms with E-state index in [-0.39, 0.29) is 0 Å². The Morgan fingerprint density at radius 1 is 1.27 bits per heavy atom. The molecule has 0 bridgehead atoms. The number of hydrogen-bond acceptors (Lipinski definition) is 3. The minimum atomic E-state index is -1.49. The van der Waals surface area contributed by atoms with E-state index in [4.69, 9.17) is 4.74 Å². The third-order valence-electron chi connectivity index (χ3n) is 2.29. The molecule has 0 spiro atoms. The van der Waals surface area contributed by atoms with Crippen molar-refractivity contribution < 1.29 is 4.74 Å². The third kappa shape index (κ3) is 1.74. The van der Waals surface area contributed by atoms with Gasteiger partial charge >= 0.3 is 0 Å². The van der Waals surface area contributed by atoms with Gasteiger partial charge in [0, 0.05) is 6.07 Å². The molecule has 2 rings (SSSR count). The van der Waals surface area contributed by atoms with Crippen LogP contribution >= 0.6 is 0 Å². The van der Waals surface area contributed by atoms with Crippen molar-refractivity contribution in [2.75, 3.05) is 7.11 Å². The van der Waals surface area contributed by atoms with E-state index in [1.165, 1.54) is 0 Å². The van der Waals surface area contributed by atoms with Crippen LogP contribution in [0.2, 0.25) is 19.6 Å². The lowest BCUT2D eigenvalue weighted by molar-refractivity contribution is 0.415. The highest BCUT2D eigenvalue weighted by Crippen LogP contribution is 2.21. The minimum absolute atomic E-state index is 0.851. The van der Waals surface area contributed by atoms with Crippen molar-refractivity contribution in [1.29, 1.82) is 0 Å². The topological polar surface area (TPSA) is 39.9 Å². The lowest BCUT2D eigenvalue weighted by atomic mass is 10.3. The van der Waals surface area contributed by atoms with E-state index in [0.29, 0.717) is 0 Å².